The van der Waals surface area contributed by atoms with Crippen molar-refractivity contribution in [2.24, 2.45) is 0 Å². The van der Waals surface area contributed by atoms with Gasteiger partial charge in [0.15, 0.2) is 17.3 Å². The van der Waals surface area contributed by atoms with Crippen molar-refractivity contribution in [3.8, 4) is 17.4 Å². The highest BCUT2D eigenvalue weighted by molar-refractivity contribution is 6.42. The van der Waals surface area contributed by atoms with Crippen LogP contribution < -0.4 is 9.47 Å². The number of hydrogen-bond acceptors (Lipinski definition) is 7. The van der Waals surface area contributed by atoms with Gasteiger partial charge in [-0.1, -0.05) is 46.9 Å². The number of rotatable bonds is 13. The minimum Gasteiger partial charge on any atom is -0.490 e. The fourth-order valence-electron chi connectivity index (χ4n) is 3.24. The molecule has 1 heterocycles. The van der Waals surface area contributed by atoms with Crippen LogP contribution in [-0.4, -0.2) is 65.1 Å². The van der Waals surface area contributed by atoms with E-state index in [-0.39, 0.29) is 11.7 Å². The lowest BCUT2D eigenvalue weighted by atomic mass is 10.0. The number of carbonyl (C=O) groups is 3. The number of aromatic nitrogens is 1. The number of aryl methyl sites for hydroxylation is 1. The van der Waals surface area contributed by atoms with Gasteiger partial charge in [-0.05, 0) is 56.8 Å². The molecule has 0 saturated carbocycles. The number of nitrogens with zero attached hydrogens (tertiary/aromatic N) is 2. The van der Waals surface area contributed by atoms with E-state index in [4.69, 9.17) is 54.5 Å². The number of halogens is 3. The smallest absolute Gasteiger partial charge is 0.328 e. The van der Waals surface area contributed by atoms with Crippen molar-refractivity contribution in [3.63, 3.8) is 0 Å². The predicted octanol–water partition coefficient (Wildman–Crippen LogP) is 6.69. The van der Waals surface area contributed by atoms with Crippen molar-refractivity contribution >= 4 is 52.5 Å². The van der Waals surface area contributed by atoms with Gasteiger partial charge in [-0.25, -0.2) is 14.6 Å². The molecule has 9 nitrogen and oxygen atoms in total. The topological polar surface area (TPSA) is 126 Å². The van der Waals surface area contributed by atoms with E-state index in [2.05, 4.69) is 9.88 Å². The van der Waals surface area contributed by atoms with Gasteiger partial charge in [0.25, 0.3) is 0 Å². The van der Waals surface area contributed by atoms with Crippen molar-refractivity contribution in [3.05, 3.63) is 93.1 Å². The molecule has 3 rings (SSSR count). The Morgan fingerprint density at radius 3 is 2.12 bits per heavy atom. The summed E-state index contributed by atoms with van der Waals surface area (Å²) < 4.78 is 11.9. The molecule has 0 spiro atoms. The number of Topliss-reactive ketones (excluding diaryl/α,β-unsaturated/α-hetero) is 1. The first-order valence-electron chi connectivity index (χ1n) is 12.3. The van der Waals surface area contributed by atoms with Gasteiger partial charge in [0.2, 0.25) is 5.88 Å². The lowest BCUT2D eigenvalue weighted by molar-refractivity contribution is -0.134. The van der Waals surface area contributed by atoms with Crippen LogP contribution in [0.2, 0.25) is 15.1 Å². The Labute approximate surface area is 252 Å². The average Bonchev–Trinajstić information content (AvgIpc) is 2.92. The SMILES string of the molecule is CN(C)CCCOc1cc(Cl)c(Cl)cc1Oc1ncccc1C(=O)CCc1ccc(Cl)cc1.O=C(O)C=CC(=O)O. The van der Waals surface area contributed by atoms with Crippen LogP contribution in [0.4, 0.5) is 0 Å². The van der Waals surface area contributed by atoms with Gasteiger partial charge in [-0.2, -0.15) is 0 Å². The molecule has 0 bridgehead atoms. The third-order valence-corrected chi connectivity index (χ3v) is 6.17. The number of carboxylic acid groups (broad SMARTS) is 2. The van der Waals surface area contributed by atoms with Crippen molar-refractivity contribution in [2.45, 2.75) is 19.3 Å². The van der Waals surface area contributed by atoms with E-state index in [0.717, 1.165) is 18.5 Å². The summed E-state index contributed by atoms with van der Waals surface area (Å²) in [6, 6.07) is 14.0. The summed E-state index contributed by atoms with van der Waals surface area (Å²) in [4.78, 5) is 38.4. The molecule has 0 aliphatic carbocycles. The molecule has 41 heavy (non-hydrogen) atoms. The molecule has 0 aliphatic rings. The van der Waals surface area contributed by atoms with E-state index in [1.54, 1.807) is 30.5 Å². The first-order valence-corrected chi connectivity index (χ1v) is 13.4. The number of carboxylic acids is 2. The van der Waals surface area contributed by atoms with Crippen LogP contribution in [0, 0.1) is 0 Å². The fraction of sp³-hybridized carbons (Fsp3) is 0.241. The number of aliphatic carboxylic acids is 2. The Bertz CT molecular complexity index is 1350. The monoisotopic (exact) mass is 622 g/mol. The number of carbonyl (C=O) groups excluding carboxylic acids is 1. The van der Waals surface area contributed by atoms with Crippen LogP contribution in [-0.2, 0) is 16.0 Å². The van der Waals surface area contributed by atoms with E-state index < -0.39 is 11.9 Å². The molecule has 12 heteroatoms. The number of benzene rings is 2. The van der Waals surface area contributed by atoms with Crippen LogP contribution in [0.3, 0.4) is 0 Å². The van der Waals surface area contributed by atoms with E-state index in [1.807, 2.05) is 38.4 Å². The number of ether oxygens (including phenoxy) is 2. The first kappa shape index (κ1) is 33.6. The third kappa shape index (κ3) is 12.6. The second-order valence-corrected chi connectivity index (χ2v) is 9.99. The molecule has 218 valence electrons. The predicted molar refractivity (Wildman–Crippen MR) is 158 cm³/mol. The largest absolute Gasteiger partial charge is 0.490 e. The van der Waals surface area contributed by atoms with Gasteiger partial charge >= 0.3 is 11.9 Å². The number of pyridine rings is 1. The van der Waals surface area contributed by atoms with Crippen molar-refractivity contribution in [2.75, 3.05) is 27.2 Å². The van der Waals surface area contributed by atoms with E-state index in [9.17, 15) is 14.4 Å². The molecule has 0 atom stereocenters. The number of hydrogen-bond donors (Lipinski definition) is 2. The highest BCUT2D eigenvalue weighted by atomic mass is 35.5. The highest BCUT2D eigenvalue weighted by Gasteiger charge is 2.18. The average molecular weight is 624 g/mol. The van der Waals surface area contributed by atoms with Crippen LogP contribution >= 0.6 is 34.8 Å². The van der Waals surface area contributed by atoms with Gasteiger partial charge in [0.1, 0.15) is 0 Å². The number of ketones is 1. The Hall–Kier alpha value is -3.63. The molecule has 3 aromatic rings. The maximum atomic E-state index is 12.9. The van der Waals surface area contributed by atoms with Crippen LogP contribution in [0.15, 0.2) is 66.9 Å². The summed E-state index contributed by atoms with van der Waals surface area (Å²) >= 11 is 18.3. The van der Waals surface area contributed by atoms with E-state index in [0.29, 0.717) is 63.7 Å². The van der Waals surface area contributed by atoms with Gasteiger partial charge in [0, 0.05) is 48.5 Å². The minimum atomic E-state index is -1.26. The Kier molecular flexibility index (Phi) is 14.1. The molecule has 0 fully saturated rings. The molecular formula is C29H29Cl3N2O7. The second kappa shape index (κ2) is 17.2. The molecule has 2 N–H and O–H groups in total. The maximum absolute atomic E-state index is 12.9. The molecule has 1 aromatic heterocycles. The lowest BCUT2D eigenvalue weighted by Gasteiger charge is -2.15. The Morgan fingerprint density at radius 1 is 0.927 bits per heavy atom. The zero-order valence-electron chi connectivity index (χ0n) is 22.4. The molecule has 0 radical (unpaired) electrons. The second-order valence-electron chi connectivity index (χ2n) is 8.74. The Balaban J connectivity index is 0.000000642. The van der Waals surface area contributed by atoms with Gasteiger partial charge < -0.3 is 24.6 Å². The molecular weight excluding hydrogens is 595 g/mol. The summed E-state index contributed by atoms with van der Waals surface area (Å²) in [7, 11) is 4.00. The molecule has 0 aliphatic heterocycles. The molecule has 0 amide bonds. The summed E-state index contributed by atoms with van der Waals surface area (Å²) in [6.07, 6.45) is 4.39. The van der Waals surface area contributed by atoms with Gasteiger partial charge in [-0.3, -0.25) is 4.79 Å². The summed E-state index contributed by atoms with van der Waals surface area (Å²) in [5, 5.41) is 17.0. The van der Waals surface area contributed by atoms with E-state index in [1.165, 1.54) is 0 Å². The third-order valence-electron chi connectivity index (χ3n) is 5.19. The summed E-state index contributed by atoms with van der Waals surface area (Å²) in [6.45, 7) is 1.35. The van der Waals surface area contributed by atoms with Crippen molar-refractivity contribution in [1.29, 1.82) is 0 Å². The van der Waals surface area contributed by atoms with Gasteiger partial charge in [-0.15, -0.1) is 0 Å². The molecule has 0 unspecified atom stereocenters. The lowest BCUT2D eigenvalue weighted by Crippen LogP contribution is -2.15. The molecule has 2 aromatic carbocycles. The maximum Gasteiger partial charge on any atom is 0.328 e. The summed E-state index contributed by atoms with van der Waals surface area (Å²) in [5.74, 6) is -1.62. The van der Waals surface area contributed by atoms with E-state index >= 15 is 0 Å². The van der Waals surface area contributed by atoms with Crippen LogP contribution in [0.1, 0.15) is 28.8 Å². The van der Waals surface area contributed by atoms with Crippen LogP contribution in [0.5, 0.6) is 17.4 Å². The minimum absolute atomic E-state index is 0.0819. The Morgan fingerprint density at radius 2 is 1.54 bits per heavy atom. The zero-order chi connectivity index (χ0) is 30.4. The normalized spacial score (nSPS) is 10.7. The van der Waals surface area contributed by atoms with Crippen molar-refractivity contribution < 1.29 is 34.1 Å². The quantitative estimate of drug-likeness (QED) is 0.122. The fourth-order valence-corrected chi connectivity index (χ4v) is 3.67. The highest BCUT2D eigenvalue weighted by Crippen LogP contribution is 2.39. The first-order chi connectivity index (χ1) is 19.5. The van der Waals surface area contributed by atoms with Crippen LogP contribution in [0.25, 0.3) is 0 Å². The molecule has 0 saturated heterocycles. The van der Waals surface area contributed by atoms with Gasteiger partial charge in [0.05, 0.1) is 22.2 Å². The summed E-state index contributed by atoms with van der Waals surface area (Å²) in [5.41, 5.74) is 1.41. The van der Waals surface area contributed by atoms with Crippen molar-refractivity contribution in [1.82, 2.24) is 9.88 Å². The zero-order valence-corrected chi connectivity index (χ0v) is 24.6. The standard InChI is InChI=1S/C25H25Cl3N2O3.C4H4O4/c1-30(2)13-4-14-32-23-15-20(27)21(28)16-24(23)33-25-19(5-3-12-29-25)22(31)11-8-17-6-9-18(26)10-7-17;5-3(6)1-2-4(7)8/h3,5-7,9-10,12,15-16H,4,8,11,13-14H2,1-2H3;1-2H,(H,5,6)(H,7,8).